The van der Waals surface area contributed by atoms with Gasteiger partial charge in [-0.25, -0.2) is 4.39 Å². The van der Waals surface area contributed by atoms with Gasteiger partial charge < -0.3 is 9.62 Å². The average molecular weight is 207 g/mol. The van der Waals surface area contributed by atoms with Crippen molar-refractivity contribution in [2.45, 2.75) is 0 Å². The standard InChI is InChI=1S/C10H6FNO3/c11-7-1-2-9-8(3-7)10(13)6(4-12-14)5-15-9/h1-5,14H. The summed E-state index contributed by atoms with van der Waals surface area (Å²) in [6, 6.07) is 3.65. The topological polar surface area (TPSA) is 62.8 Å². The van der Waals surface area contributed by atoms with E-state index in [9.17, 15) is 9.18 Å². The fourth-order valence-corrected chi connectivity index (χ4v) is 1.27. The lowest BCUT2D eigenvalue weighted by Crippen LogP contribution is -2.08. The third kappa shape index (κ3) is 1.59. The Kier molecular flexibility index (Phi) is 2.21. The van der Waals surface area contributed by atoms with Crippen LogP contribution in [0.1, 0.15) is 5.56 Å². The highest BCUT2D eigenvalue weighted by molar-refractivity contribution is 5.85. The van der Waals surface area contributed by atoms with Crippen LogP contribution in [-0.2, 0) is 0 Å². The van der Waals surface area contributed by atoms with Crippen molar-refractivity contribution in [2.24, 2.45) is 5.16 Å². The van der Waals surface area contributed by atoms with E-state index in [1.54, 1.807) is 0 Å². The smallest absolute Gasteiger partial charge is 0.201 e. The summed E-state index contributed by atoms with van der Waals surface area (Å²) in [5, 5.41) is 11.1. The van der Waals surface area contributed by atoms with Gasteiger partial charge in [0.15, 0.2) is 0 Å². The molecule has 0 saturated heterocycles. The molecule has 0 saturated carbocycles. The molecule has 0 atom stereocenters. The third-order valence-electron chi connectivity index (χ3n) is 1.96. The van der Waals surface area contributed by atoms with E-state index in [1.165, 1.54) is 12.1 Å². The van der Waals surface area contributed by atoms with E-state index in [4.69, 9.17) is 9.62 Å². The van der Waals surface area contributed by atoms with Crippen LogP contribution in [0.15, 0.2) is 38.8 Å². The number of hydrogen-bond acceptors (Lipinski definition) is 4. The summed E-state index contributed by atoms with van der Waals surface area (Å²) in [4.78, 5) is 11.6. The van der Waals surface area contributed by atoms with Gasteiger partial charge in [0.05, 0.1) is 17.2 Å². The molecule has 2 rings (SSSR count). The summed E-state index contributed by atoms with van der Waals surface area (Å²) in [6.07, 6.45) is 2.10. The molecule has 0 fully saturated rings. The molecule has 1 aromatic heterocycles. The lowest BCUT2D eigenvalue weighted by atomic mass is 10.2. The molecule has 5 heteroatoms. The lowest BCUT2D eigenvalue weighted by Gasteiger charge is -1.97. The van der Waals surface area contributed by atoms with Crippen LogP contribution < -0.4 is 5.43 Å². The summed E-state index contributed by atoms with van der Waals surface area (Å²) >= 11 is 0. The van der Waals surface area contributed by atoms with E-state index in [1.807, 2.05) is 0 Å². The Bertz CT molecular complexity index is 589. The van der Waals surface area contributed by atoms with E-state index < -0.39 is 11.2 Å². The predicted molar refractivity (Wildman–Crippen MR) is 51.8 cm³/mol. The molecule has 0 unspecified atom stereocenters. The maximum atomic E-state index is 12.9. The van der Waals surface area contributed by atoms with Crippen molar-refractivity contribution < 1.29 is 14.0 Å². The number of fused-ring (bicyclic) bond motifs is 1. The molecule has 0 amide bonds. The summed E-state index contributed by atoms with van der Waals surface area (Å²) in [5.41, 5.74) is -0.0827. The Morgan fingerprint density at radius 1 is 1.47 bits per heavy atom. The van der Waals surface area contributed by atoms with E-state index in [2.05, 4.69) is 5.16 Å². The Hall–Kier alpha value is -2.17. The van der Waals surface area contributed by atoms with Crippen LogP contribution in [0.5, 0.6) is 0 Å². The van der Waals surface area contributed by atoms with E-state index in [-0.39, 0.29) is 16.5 Å². The fourth-order valence-electron chi connectivity index (χ4n) is 1.27. The maximum Gasteiger partial charge on any atom is 0.201 e. The first kappa shape index (κ1) is 9.39. The van der Waals surface area contributed by atoms with Gasteiger partial charge in [-0.2, -0.15) is 0 Å². The van der Waals surface area contributed by atoms with Crippen molar-refractivity contribution in [3.8, 4) is 0 Å². The minimum atomic E-state index is -0.520. The second-order valence-corrected chi connectivity index (χ2v) is 2.91. The van der Waals surface area contributed by atoms with Crippen LogP contribution in [-0.4, -0.2) is 11.4 Å². The van der Waals surface area contributed by atoms with Gasteiger partial charge in [-0.3, -0.25) is 4.79 Å². The van der Waals surface area contributed by atoms with Gasteiger partial charge in [-0.1, -0.05) is 5.16 Å². The highest BCUT2D eigenvalue weighted by atomic mass is 19.1. The van der Waals surface area contributed by atoms with Gasteiger partial charge >= 0.3 is 0 Å². The van der Waals surface area contributed by atoms with Crippen LogP contribution in [0.2, 0.25) is 0 Å². The molecular weight excluding hydrogens is 201 g/mol. The summed E-state index contributed by atoms with van der Waals surface area (Å²) in [7, 11) is 0. The Morgan fingerprint density at radius 2 is 2.27 bits per heavy atom. The number of halogens is 1. The zero-order valence-electron chi connectivity index (χ0n) is 7.48. The normalized spacial score (nSPS) is 11.3. The number of benzene rings is 1. The summed E-state index contributed by atoms with van der Waals surface area (Å²) in [6.45, 7) is 0. The first-order valence-corrected chi connectivity index (χ1v) is 4.11. The van der Waals surface area contributed by atoms with Crippen LogP contribution in [0, 0.1) is 5.82 Å². The highest BCUT2D eigenvalue weighted by Gasteiger charge is 2.06. The lowest BCUT2D eigenvalue weighted by molar-refractivity contribution is 0.321. The predicted octanol–water partition coefficient (Wildman–Crippen LogP) is 1.74. The molecule has 2 aromatic rings. The van der Waals surface area contributed by atoms with Crippen molar-refractivity contribution in [3.63, 3.8) is 0 Å². The van der Waals surface area contributed by atoms with Gasteiger partial charge in [-0.05, 0) is 18.2 Å². The van der Waals surface area contributed by atoms with Crippen molar-refractivity contribution in [1.29, 1.82) is 0 Å². The van der Waals surface area contributed by atoms with E-state index in [0.29, 0.717) is 0 Å². The Balaban J connectivity index is 2.83. The molecule has 0 aliphatic heterocycles. The van der Waals surface area contributed by atoms with Gasteiger partial charge in [0.25, 0.3) is 0 Å². The van der Waals surface area contributed by atoms with Crippen LogP contribution in [0.3, 0.4) is 0 Å². The summed E-state index contributed by atoms with van der Waals surface area (Å²) in [5.74, 6) is -0.520. The van der Waals surface area contributed by atoms with Crippen molar-refractivity contribution in [3.05, 3.63) is 46.1 Å². The van der Waals surface area contributed by atoms with Crippen LogP contribution >= 0.6 is 0 Å². The SMILES string of the molecule is O=c1c(C=NO)coc2ccc(F)cc12. The molecule has 15 heavy (non-hydrogen) atoms. The van der Waals surface area contributed by atoms with Gasteiger partial charge in [0.1, 0.15) is 17.7 Å². The van der Waals surface area contributed by atoms with Gasteiger partial charge in [-0.15, -0.1) is 0 Å². The fraction of sp³-hybridized carbons (Fsp3) is 0. The molecular formula is C10H6FNO3. The molecule has 1 heterocycles. The molecule has 0 spiro atoms. The van der Waals surface area contributed by atoms with E-state index >= 15 is 0 Å². The zero-order chi connectivity index (χ0) is 10.8. The van der Waals surface area contributed by atoms with Gasteiger partial charge in [0, 0.05) is 0 Å². The first-order chi connectivity index (χ1) is 7.22. The maximum absolute atomic E-state index is 12.9. The van der Waals surface area contributed by atoms with Gasteiger partial charge in [0.2, 0.25) is 5.43 Å². The van der Waals surface area contributed by atoms with Crippen molar-refractivity contribution in [1.82, 2.24) is 0 Å². The molecule has 4 nitrogen and oxygen atoms in total. The molecule has 76 valence electrons. The second-order valence-electron chi connectivity index (χ2n) is 2.91. The largest absolute Gasteiger partial charge is 0.463 e. The zero-order valence-corrected chi connectivity index (χ0v) is 7.48. The molecule has 0 aliphatic rings. The highest BCUT2D eigenvalue weighted by Crippen LogP contribution is 2.12. The molecule has 0 radical (unpaired) electrons. The molecule has 1 N–H and O–H groups in total. The molecule has 1 aromatic carbocycles. The number of nitrogens with zero attached hydrogens (tertiary/aromatic N) is 1. The van der Waals surface area contributed by atoms with Crippen molar-refractivity contribution >= 4 is 17.2 Å². The van der Waals surface area contributed by atoms with E-state index in [0.717, 1.165) is 18.5 Å². The monoisotopic (exact) mass is 207 g/mol. The van der Waals surface area contributed by atoms with Crippen LogP contribution in [0.25, 0.3) is 11.0 Å². The minimum absolute atomic E-state index is 0.0654. The number of rotatable bonds is 1. The Labute approximate surface area is 83.3 Å². The first-order valence-electron chi connectivity index (χ1n) is 4.11. The minimum Gasteiger partial charge on any atom is -0.463 e. The molecule has 0 aliphatic carbocycles. The van der Waals surface area contributed by atoms with Crippen molar-refractivity contribution in [2.75, 3.05) is 0 Å². The third-order valence-corrected chi connectivity index (χ3v) is 1.96. The van der Waals surface area contributed by atoms with Crippen LogP contribution in [0.4, 0.5) is 4.39 Å². The molecule has 0 bridgehead atoms. The summed E-state index contributed by atoms with van der Waals surface area (Å²) < 4.78 is 17.9. The average Bonchev–Trinajstić information content (AvgIpc) is 2.23. The number of oxime groups is 1. The quantitative estimate of drug-likeness (QED) is 0.440. The second kappa shape index (κ2) is 3.53. The number of hydrogen-bond donors (Lipinski definition) is 1. The Morgan fingerprint density at radius 3 is 3.00 bits per heavy atom.